The van der Waals surface area contributed by atoms with Gasteiger partial charge in [-0.3, -0.25) is 9.59 Å². The lowest BCUT2D eigenvalue weighted by atomic mass is 9.89. The largest absolute Gasteiger partial charge is 0.497 e. The van der Waals surface area contributed by atoms with Crippen LogP contribution in [0.2, 0.25) is 0 Å². The van der Waals surface area contributed by atoms with Crippen molar-refractivity contribution in [2.45, 2.75) is 18.9 Å². The molecule has 0 saturated heterocycles. The van der Waals surface area contributed by atoms with Crippen molar-refractivity contribution in [3.8, 4) is 5.75 Å². The van der Waals surface area contributed by atoms with Crippen LogP contribution < -0.4 is 15.4 Å². The lowest BCUT2D eigenvalue weighted by Gasteiger charge is -2.25. The summed E-state index contributed by atoms with van der Waals surface area (Å²) in [6.45, 7) is 0.257. The first-order valence-electron chi connectivity index (χ1n) is 6.82. The molecule has 0 spiro atoms. The van der Waals surface area contributed by atoms with Gasteiger partial charge >= 0.3 is 0 Å². The molecule has 2 N–H and O–H groups in total. The van der Waals surface area contributed by atoms with Gasteiger partial charge in [-0.05, 0) is 23.8 Å². The number of methoxy groups -OCH3 is 1. The number of anilines is 1. The molecule has 7 heteroatoms. The van der Waals surface area contributed by atoms with Gasteiger partial charge in [0.15, 0.2) is 0 Å². The average Bonchev–Trinajstić information content (AvgIpc) is 3.04. The minimum Gasteiger partial charge on any atom is -0.497 e. The van der Waals surface area contributed by atoms with Crippen LogP contribution in [0.5, 0.6) is 5.75 Å². The number of hydrogen-bond acceptors (Lipinski definition) is 5. The summed E-state index contributed by atoms with van der Waals surface area (Å²) < 4.78 is 9.90. The standard InChI is InChI=1S/C15H15N3O4/c1-21-10-2-3-13-11(6-10)12(7-14(19)17-13)15(20)16-8-9-4-5-22-18-9/h2-6,12H,7-8H2,1H3,(H,16,20)(H,17,19)/t12-/m1/s1. The zero-order valence-electron chi connectivity index (χ0n) is 12.0. The van der Waals surface area contributed by atoms with Crippen molar-refractivity contribution in [1.29, 1.82) is 0 Å². The van der Waals surface area contributed by atoms with E-state index in [0.29, 0.717) is 17.1 Å². The molecule has 1 atom stereocenters. The van der Waals surface area contributed by atoms with Crippen LogP contribution >= 0.6 is 0 Å². The van der Waals surface area contributed by atoms with Gasteiger partial charge in [-0.15, -0.1) is 0 Å². The molecule has 1 aromatic carbocycles. The number of aromatic nitrogens is 1. The van der Waals surface area contributed by atoms with Gasteiger partial charge in [-0.25, -0.2) is 0 Å². The summed E-state index contributed by atoms with van der Waals surface area (Å²) in [4.78, 5) is 24.2. The molecule has 3 rings (SSSR count). The Morgan fingerprint density at radius 3 is 3.09 bits per heavy atom. The molecule has 1 aromatic heterocycles. The zero-order chi connectivity index (χ0) is 15.5. The van der Waals surface area contributed by atoms with Crippen LogP contribution in [0.25, 0.3) is 0 Å². The first kappa shape index (κ1) is 14.1. The molecular formula is C15H15N3O4. The van der Waals surface area contributed by atoms with Gasteiger partial charge in [0, 0.05) is 18.2 Å². The number of fused-ring (bicyclic) bond motifs is 1. The number of hydrogen-bond donors (Lipinski definition) is 2. The van der Waals surface area contributed by atoms with Crippen LogP contribution in [0.4, 0.5) is 5.69 Å². The maximum atomic E-state index is 12.4. The normalized spacial score (nSPS) is 16.6. The topological polar surface area (TPSA) is 93.5 Å². The fourth-order valence-corrected chi connectivity index (χ4v) is 2.43. The first-order valence-corrected chi connectivity index (χ1v) is 6.82. The lowest BCUT2D eigenvalue weighted by Crippen LogP contribution is -2.34. The molecule has 0 fully saturated rings. The molecule has 114 valence electrons. The van der Waals surface area contributed by atoms with Crippen molar-refractivity contribution in [3.05, 3.63) is 41.8 Å². The lowest BCUT2D eigenvalue weighted by molar-refractivity contribution is -0.126. The Balaban J connectivity index is 1.81. The highest BCUT2D eigenvalue weighted by Gasteiger charge is 2.31. The zero-order valence-corrected chi connectivity index (χ0v) is 12.0. The number of carbonyl (C=O) groups is 2. The maximum absolute atomic E-state index is 12.4. The molecular weight excluding hydrogens is 286 g/mol. The number of ether oxygens (including phenoxy) is 1. The van der Waals surface area contributed by atoms with Crippen molar-refractivity contribution in [2.75, 3.05) is 12.4 Å². The predicted octanol–water partition coefficient (Wildman–Crippen LogP) is 1.43. The van der Waals surface area contributed by atoms with Gasteiger partial charge in [0.2, 0.25) is 11.8 Å². The summed E-state index contributed by atoms with van der Waals surface area (Å²) in [5, 5.41) is 9.27. The van der Waals surface area contributed by atoms with Crippen LogP contribution in [-0.4, -0.2) is 24.1 Å². The molecule has 0 bridgehead atoms. The van der Waals surface area contributed by atoms with Crippen LogP contribution in [0.15, 0.2) is 35.1 Å². The Bertz CT molecular complexity index is 697. The van der Waals surface area contributed by atoms with E-state index in [9.17, 15) is 9.59 Å². The second-order valence-corrected chi connectivity index (χ2v) is 4.97. The van der Waals surface area contributed by atoms with E-state index >= 15 is 0 Å². The van der Waals surface area contributed by atoms with Crippen molar-refractivity contribution in [2.24, 2.45) is 0 Å². The average molecular weight is 301 g/mol. The fourth-order valence-electron chi connectivity index (χ4n) is 2.43. The Labute approximate surface area is 126 Å². The summed E-state index contributed by atoms with van der Waals surface area (Å²) in [5.74, 6) is -0.318. The van der Waals surface area contributed by atoms with E-state index in [1.807, 2.05) is 0 Å². The third-order valence-electron chi connectivity index (χ3n) is 3.55. The van der Waals surface area contributed by atoms with Crippen LogP contribution in [0, 0.1) is 0 Å². The van der Waals surface area contributed by atoms with Crippen molar-refractivity contribution >= 4 is 17.5 Å². The van der Waals surface area contributed by atoms with Crippen molar-refractivity contribution < 1.29 is 18.8 Å². The van der Waals surface area contributed by atoms with E-state index in [1.165, 1.54) is 6.26 Å². The van der Waals surface area contributed by atoms with Crippen LogP contribution in [0.1, 0.15) is 23.6 Å². The summed E-state index contributed by atoms with van der Waals surface area (Å²) in [6.07, 6.45) is 1.54. The Morgan fingerprint density at radius 2 is 2.36 bits per heavy atom. The highest BCUT2D eigenvalue weighted by molar-refractivity contribution is 6.01. The van der Waals surface area contributed by atoms with E-state index in [0.717, 1.165) is 5.56 Å². The molecule has 0 saturated carbocycles. The van der Waals surface area contributed by atoms with E-state index < -0.39 is 5.92 Å². The van der Waals surface area contributed by atoms with Gasteiger partial charge in [0.05, 0.1) is 19.6 Å². The number of amides is 2. The van der Waals surface area contributed by atoms with Gasteiger partial charge in [0.1, 0.15) is 17.7 Å². The molecule has 0 radical (unpaired) electrons. The summed E-state index contributed by atoms with van der Waals surface area (Å²) in [7, 11) is 1.56. The van der Waals surface area contributed by atoms with Crippen molar-refractivity contribution in [3.63, 3.8) is 0 Å². The molecule has 1 aliphatic heterocycles. The molecule has 0 unspecified atom stereocenters. The Hall–Kier alpha value is -2.83. The number of rotatable bonds is 4. The molecule has 2 aromatic rings. The van der Waals surface area contributed by atoms with Gasteiger partial charge in [0.25, 0.3) is 0 Å². The van der Waals surface area contributed by atoms with Crippen LogP contribution in [0.3, 0.4) is 0 Å². The molecule has 1 aliphatic rings. The minimum atomic E-state index is -0.550. The Morgan fingerprint density at radius 1 is 1.50 bits per heavy atom. The second kappa shape index (κ2) is 5.88. The molecule has 0 aliphatic carbocycles. The van der Waals surface area contributed by atoms with Gasteiger partial charge < -0.3 is 19.9 Å². The highest BCUT2D eigenvalue weighted by Crippen LogP contribution is 2.35. The molecule has 7 nitrogen and oxygen atoms in total. The summed E-state index contributed by atoms with van der Waals surface area (Å²) >= 11 is 0. The first-order chi connectivity index (χ1) is 10.7. The molecule has 2 amide bonds. The third-order valence-corrected chi connectivity index (χ3v) is 3.55. The quantitative estimate of drug-likeness (QED) is 0.891. The highest BCUT2D eigenvalue weighted by atomic mass is 16.5. The number of nitrogens with zero attached hydrogens (tertiary/aromatic N) is 1. The van der Waals surface area contributed by atoms with Gasteiger partial charge in [-0.1, -0.05) is 5.16 Å². The third kappa shape index (κ3) is 2.78. The smallest absolute Gasteiger partial charge is 0.228 e. The molecule has 2 heterocycles. The van der Waals surface area contributed by atoms with Gasteiger partial charge in [-0.2, -0.15) is 0 Å². The van der Waals surface area contributed by atoms with Crippen LogP contribution in [-0.2, 0) is 16.1 Å². The predicted molar refractivity (Wildman–Crippen MR) is 77.3 cm³/mol. The second-order valence-electron chi connectivity index (χ2n) is 4.97. The minimum absolute atomic E-state index is 0.102. The van der Waals surface area contributed by atoms with E-state index in [-0.39, 0.29) is 24.8 Å². The van der Waals surface area contributed by atoms with Crippen molar-refractivity contribution in [1.82, 2.24) is 10.5 Å². The molecule has 22 heavy (non-hydrogen) atoms. The monoisotopic (exact) mass is 301 g/mol. The number of carbonyl (C=O) groups excluding carboxylic acids is 2. The number of nitrogens with one attached hydrogen (secondary N) is 2. The fraction of sp³-hybridized carbons (Fsp3) is 0.267. The van der Waals surface area contributed by atoms with E-state index in [2.05, 4.69) is 15.8 Å². The summed E-state index contributed by atoms with van der Waals surface area (Å²) in [5.41, 5.74) is 2.01. The SMILES string of the molecule is COc1ccc2c(c1)[C@H](C(=O)NCc1ccon1)CC(=O)N2. The summed E-state index contributed by atoms with van der Waals surface area (Å²) in [6, 6.07) is 6.93. The maximum Gasteiger partial charge on any atom is 0.228 e. The van der Waals surface area contributed by atoms with E-state index in [1.54, 1.807) is 31.4 Å². The van der Waals surface area contributed by atoms with E-state index in [4.69, 9.17) is 9.26 Å². The number of benzene rings is 1. The Kier molecular flexibility index (Phi) is 3.78.